The van der Waals surface area contributed by atoms with Gasteiger partial charge in [0.15, 0.2) is 0 Å². The third kappa shape index (κ3) is 4.04. The smallest absolute Gasteiger partial charge is 0.210 e. The molecule has 106 valence electrons. The minimum atomic E-state index is -3.43. The fourth-order valence-corrected chi connectivity index (χ4v) is 3.74. The molecule has 2 aromatic carbocycles. The second kappa shape index (κ2) is 6.69. The molecule has 2 aromatic rings. The predicted octanol–water partition coefficient (Wildman–Crippen LogP) is 3.45. The van der Waals surface area contributed by atoms with Gasteiger partial charge >= 0.3 is 0 Å². The SMILES string of the molecule is Cc1ccc(S(=O)(=O)NC[C@H](I)c2ccccc2)cc1. The molecular weight excluding hydrogens is 385 g/mol. The van der Waals surface area contributed by atoms with Crippen LogP contribution < -0.4 is 4.72 Å². The Morgan fingerprint density at radius 2 is 1.65 bits per heavy atom. The molecule has 1 atom stereocenters. The van der Waals surface area contributed by atoms with Gasteiger partial charge in [0.05, 0.1) is 4.90 Å². The number of alkyl halides is 1. The van der Waals surface area contributed by atoms with Crippen molar-refractivity contribution >= 4 is 32.6 Å². The van der Waals surface area contributed by atoms with Crippen LogP contribution in [0.15, 0.2) is 59.5 Å². The van der Waals surface area contributed by atoms with Crippen molar-refractivity contribution < 1.29 is 8.42 Å². The second-order valence-electron chi connectivity index (χ2n) is 4.54. The molecule has 0 amide bonds. The summed E-state index contributed by atoms with van der Waals surface area (Å²) in [4.78, 5) is 0.305. The van der Waals surface area contributed by atoms with Gasteiger partial charge in [-0.05, 0) is 24.6 Å². The lowest BCUT2D eigenvalue weighted by molar-refractivity contribution is 0.582. The summed E-state index contributed by atoms with van der Waals surface area (Å²) in [5, 5.41) is 0. The van der Waals surface area contributed by atoms with Crippen molar-refractivity contribution in [3.8, 4) is 0 Å². The Hall–Kier alpha value is -0.920. The fourth-order valence-electron chi connectivity index (χ4n) is 1.76. The number of rotatable bonds is 5. The van der Waals surface area contributed by atoms with Gasteiger partial charge in [-0.2, -0.15) is 0 Å². The Morgan fingerprint density at radius 3 is 2.25 bits per heavy atom. The third-order valence-corrected chi connectivity index (χ3v) is 5.54. The highest BCUT2D eigenvalue weighted by Gasteiger charge is 2.16. The highest BCUT2D eigenvalue weighted by atomic mass is 127. The molecule has 1 N–H and O–H groups in total. The summed E-state index contributed by atoms with van der Waals surface area (Å²) in [5.74, 6) is 0. The van der Waals surface area contributed by atoms with Gasteiger partial charge in [-0.15, -0.1) is 0 Å². The number of hydrogen-bond acceptors (Lipinski definition) is 2. The summed E-state index contributed by atoms with van der Waals surface area (Å²) in [5.41, 5.74) is 2.15. The Bertz CT molecular complexity index is 654. The number of halogens is 1. The van der Waals surface area contributed by atoms with E-state index >= 15 is 0 Å². The summed E-state index contributed by atoms with van der Waals surface area (Å²) < 4.78 is 27.1. The summed E-state index contributed by atoms with van der Waals surface area (Å²) in [7, 11) is -3.43. The van der Waals surface area contributed by atoms with Crippen molar-refractivity contribution in [3.63, 3.8) is 0 Å². The van der Waals surface area contributed by atoms with Gasteiger partial charge < -0.3 is 0 Å². The summed E-state index contributed by atoms with van der Waals surface area (Å²) in [6.45, 7) is 2.31. The van der Waals surface area contributed by atoms with Crippen LogP contribution in [0.4, 0.5) is 0 Å². The molecule has 0 aromatic heterocycles. The lowest BCUT2D eigenvalue weighted by Gasteiger charge is -2.12. The van der Waals surface area contributed by atoms with Crippen LogP contribution in [0, 0.1) is 6.92 Å². The maximum absolute atomic E-state index is 12.2. The zero-order valence-corrected chi connectivity index (χ0v) is 14.1. The van der Waals surface area contributed by atoms with Gasteiger partial charge in [0, 0.05) is 10.5 Å². The maximum atomic E-state index is 12.2. The monoisotopic (exact) mass is 401 g/mol. The minimum absolute atomic E-state index is 0.106. The van der Waals surface area contributed by atoms with Crippen LogP contribution in [0.25, 0.3) is 0 Å². The van der Waals surface area contributed by atoms with Crippen molar-refractivity contribution in [2.75, 3.05) is 6.54 Å². The highest BCUT2D eigenvalue weighted by Crippen LogP contribution is 2.22. The van der Waals surface area contributed by atoms with Gasteiger partial charge in [0.1, 0.15) is 0 Å². The zero-order valence-electron chi connectivity index (χ0n) is 11.1. The molecule has 2 rings (SSSR count). The first-order chi connectivity index (χ1) is 9.49. The molecule has 0 bridgehead atoms. The Kier molecular flexibility index (Phi) is 5.17. The third-order valence-electron chi connectivity index (χ3n) is 2.95. The first-order valence-corrected chi connectivity index (χ1v) is 8.97. The predicted molar refractivity (Wildman–Crippen MR) is 89.6 cm³/mol. The van der Waals surface area contributed by atoms with E-state index in [1.165, 1.54) is 0 Å². The second-order valence-corrected chi connectivity index (χ2v) is 7.81. The molecule has 0 aliphatic heterocycles. The van der Waals surface area contributed by atoms with Gasteiger partial charge in [-0.1, -0.05) is 70.6 Å². The summed E-state index contributed by atoms with van der Waals surface area (Å²) >= 11 is 2.25. The number of aryl methyl sites for hydroxylation is 1. The quantitative estimate of drug-likeness (QED) is 0.616. The van der Waals surface area contributed by atoms with E-state index in [0.29, 0.717) is 11.4 Å². The lowest BCUT2D eigenvalue weighted by Crippen LogP contribution is -2.26. The van der Waals surface area contributed by atoms with Gasteiger partial charge in [-0.25, -0.2) is 13.1 Å². The molecule has 0 heterocycles. The largest absolute Gasteiger partial charge is 0.240 e. The molecule has 0 fully saturated rings. The van der Waals surface area contributed by atoms with E-state index in [1.54, 1.807) is 24.3 Å². The Balaban J connectivity index is 2.04. The van der Waals surface area contributed by atoms with E-state index < -0.39 is 10.0 Å². The Labute approximate surface area is 133 Å². The maximum Gasteiger partial charge on any atom is 0.240 e. The van der Waals surface area contributed by atoms with Gasteiger partial charge in [-0.3, -0.25) is 0 Å². The first-order valence-electron chi connectivity index (χ1n) is 6.24. The molecular formula is C15H16INO2S. The molecule has 0 unspecified atom stereocenters. The van der Waals surface area contributed by atoms with Crippen LogP contribution in [-0.4, -0.2) is 15.0 Å². The average molecular weight is 401 g/mol. The topological polar surface area (TPSA) is 46.2 Å². The van der Waals surface area contributed by atoms with Crippen LogP contribution in [-0.2, 0) is 10.0 Å². The van der Waals surface area contributed by atoms with Crippen molar-refractivity contribution in [2.24, 2.45) is 0 Å². The van der Waals surface area contributed by atoms with Crippen molar-refractivity contribution in [1.29, 1.82) is 0 Å². The summed E-state index contributed by atoms with van der Waals surface area (Å²) in [6, 6.07) is 16.7. The number of sulfonamides is 1. The molecule has 3 nitrogen and oxygen atoms in total. The van der Waals surface area contributed by atoms with E-state index in [2.05, 4.69) is 27.3 Å². The zero-order chi connectivity index (χ0) is 14.6. The van der Waals surface area contributed by atoms with E-state index in [0.717, 1.165) is 11.1 Å². The van der Waals surface area contributed by atoms with E-state index in [-0.39, 0.29) is 3.92 Å². The van der Waals surface area contributed by atoms with E-state index in [9.17, 15) is 8.42 Å². The van der Waals surface area contributed by atoms with Crippen LogP contribution in [0.2, 0.25) is 0 Å². The van der Waals surface area contributed by atoms with Crippen LogP contribution in [0.5, 0.6) is 0 Å². The number of benzene rings is 2. The van der Waals surface area contributed by atoms with E-state index in [1.807, 2.05) is 37.3 Å². The summed E-state index contributed by atoms with van der Waals surface area (Å²) in [6.07, 6.45) is 0. The molecule has 5 heteroatoms. The molecule has 0 aliphatic carbocycles. The van der Waals surface area contributed by atoms with Crippen molar-refractivity contribution in [3.05, 3.63) is 65.7 Å². The Morgan fingerprint density at radius 1 is 1.05 bits per heavy atom. The lowest BCUT2D eigenvalue weighted by atomic mass is 10.2. The first kappa shape index (κ1) is 15.5. The fraction of sp³-hybridized carbons (Fsp3) is 0.200. The number of hydrogen-bond donors (Lipinski definition) is 1. The van der Waals surface area contributed by atoms with Gasteiger partial charge in [0.25, 0.3) is 0 Å². The molecule has 0 saturated carbocycles. The molecule has 0 spiro atoms. The van der Waals surface area contributed by atoms with Crippen LogP contribution >= 0.6 is 22.6 Å². The minimum Gasteiger partial charge on any atom is -0.210 e. The van der Waals surface area contributed by atoms with Crippen LogP contribution in [0.1, 0.15) is 15.1 Å². The van der Waals surface area contributed by atoms with Gasteiger partial charge in [0.2, 0.25) is 10.0 Å². The highest BCUT2D eigenvalue weighted by molar-refractivity contribution is 14.1. The standard InChI is InChI=1S/C15H16INO2S/c1-12-7-9-14(10-8-12)20(18,19)17-11-15(16)13-5-3-2-4-6-13/h2-10,15,17H,11H2,1H3/t15-/m0/s1. The molecule has 0 aliphatic rings. The van der Waals surface area contributed by atoms with E-state index in [4.69, 9.17) is 0 Å². The average Bonchev–Trinajstić information content (AvgIpc) is 2.46. The van der Waals surface area contributed by atoms with Crippen LogP contribution in [0.3, 0.4) is 0 Å². The number of nitrogens with one attached hydrogen (secondary N) is 1. The normalized spacial score (nSPS) is 13.1. The van der Waals surface area contributed by atoms with Crippen molar-refractivity contribution in [1.82, 2.24) is 4.72 Å². The molecule has 0 saturated heterocycles. The molecule has 0 radical (unpaired) electrons. The van der Waals surface area contributed by atoms with Crippen molar-refractivity contribution in [2.45, 2.75) is 15.7 Å². The molecule has 20 heavy (non-hydrogen) atoms.